The zero-order valence-electron chi connectivity index (χ0n) is 11.1. The second-order valence-electron chi connectivity index (χ2n) is 5.05. The van der Waals surface area contributed by atoms with Gasteiger partial charge in [-0.25, -0.2) is 4.98 Å². The van der Waals surface area contributed by atoms with Gasteiger partial charge < -0.3 is 15.8 Å². The summed E-state index contributed by atoms with van der Waals surface area (Å²) in [4.78, 5) is 16.5. The van der Waals surface area contributed by atoms with Gasteiger partial charge in [-0.15, -0.1) is 0 Å². The minimum absolute atomic E-state index is 0.186. The SMILES string of the molecule is Nc1cc(C(=O)NCC2CCOC2)nc2ccccc12. The normalized spacial score (nSPS) is 18.3. The molecule has 5 nitrogen and oxygen atoms in total. The Morgan fingerprint density at radius 3 is 3.10 bits per heavy atom. The van der Waals surface area contributed by atoms with Crippen molar-refractivity contribution < 1.29 is 9.53 Å². The van der Waals surface area contributed by atoms with Gasteiger partial charge in [0, 0.05) is 30.1 Å². The summed E-state index contributed by atoms with van der Waals surface area (Å²) in [5.41, 5.74) is 7.65. The van der Waals surface area contributed by atoms with Crippen LogP contribution in [0.25, 0.3) is 10.9 Å². The maximum atomic E-state index is 12.1. The van der Waals surface area contributed by atoms with Crippen LogP contribution in [0.4, 0.5) is 5.69 Å². The molecule has 1 amide bonds. The van der Waals surface area contributed by atoms with Crippen LogP contribution < -0.4 is 11.1 Å². The van der Waals surface area contributed by atoms with E-state index in [0.29, 0.717) is 30.5 Å². The number of amides is 1. The number of pyridine rings is 1. The molecule has 0 bridgehead atoms. The third-order valence-electron chi connectivity index (χ3n) is 3.56. The molecule has 20 heavy (non-hydrogen) atoms. The molecule has 3 N–H and O–H groups in total. The molecule has 1 aromatic carbocycles. The Labute approximate surface area is 117 Å². The fourth-order valence-electron chi connectivity index (χ4n) is 2.39. The fourth-order valence-corrected chi connectivity index (χ4v) is 2.39. The number of hydrogen-bond donors (Lipinski definition) is 2. The van der Waals surface area contributed by atoms with Crippen LogP contribution >= 0.6 is 0 Å². The maximum absolute atomic E-state index is 12.1. The Kier molecular flexibility index (Phi) is 3.52. The first-order valence-electron chi connectivity index (χ1n) is 6.75. The highest BCUT2D eigenvalue weighted by atomic mass is 16.5. The summed E-state index contributed by atoms with van der Waals surface area (Å²) >= 11 is 0. The van der Waals surface area contributed by atoms with Crippen LogP contribution in [0.5, 0.6) is 0 Å². The van der Waals surface area contributed by atoms with E-state index in [1.807, 2.05) is 24.3 Å². The van der Waals surface area contributed by atoms with Gasteiger partial charge >= 0.3 is 0 Å². The average Bonchev–Trinajstić information content (AvgIpc) is 2.98. The van der Waals surface area contributed by atoms with E-state index in [0.717, 1.165) is 23.9 Å². The number of benzene rings is 1. The largest absolute Gasteiger partial charge is 0.398 e. The van der Waals surface area contributed by atoms with Gasteiger partial charge in [0.2, 0.25) is 0 Å². The maximum Gasteiger partial charge on any atom is 0.269 e. The summed E-state index contributed by atoms with van der Waals surface area (Å²) in [5, 5.41) is 3.76. The third kappa shape index (κ3) is 2.58. The molecule has 1 fully saturated rings. The number of nitrogens with two attached hydrogens (primary N) is 1. The highest BCUT2D eigenvalue weighted by Gasteiger charge is 2.17. The number of carbonyl (C=O) groups excluding carboxylic acids is 1. The minimum Gasteiger partial charge on any atom is -0.398 e. The molecular weight excluding hydrogens is 254 g/mol. The van der Waals surface area contributed by atoms with Crippen LogP contribution in [0.2, 0.25) is 0 Å². The summed E-state index contributed by atoms with van der Waals surface area (Å²) in [7, 11) is 0. The number of carbonyl (C=O) groups is 1. The predicted octanol–water partition coefficient (Wildman–Crippen LogP) is 1.58. The standard InChI is InChI=1S/C15H17N3O2/c16-12-7-14(18-13-4-2-1-3-11(12)13)15(19)17-8-10-5-6-20-9-10/h1-4,7,10H,5-6,8-9H2,(H2,16,18)(H,17,19). The highest BCUT2D eigenvalue weighted by Crippen LogP contribution is 2.20. The number of hydrogen-bond acceptors (Lipinski definition) is 4. The monoisotopic (exact) mass is 271 g/mol. The van der Waals surface area contributed by atoms with Gasteiger partial charge in [-0.1, -0.05) is 18.2 Å². The molecular formula is C15H17N3O2. The molecule has 0 aliphatic carbocycles. The zero-order valence-corrected chi connectivity index (χ0v) is 11.1. The van der Waals surface area contributed by atoms with Gasteiger partial charge in [0.15, 0.2) is 0 Å². The van der Waals surface area contributed by atoms with Crippen molar-refractivity contribution in [2.75, 3.05) is 25.5 Å². The Hall–Kier alpha value is -2.14. The Balaban J connectivity index is 1.77. The van der Waals surface area contributed by atoms with Crippen molar-refractivity contribution in [2.45, 2.75) is 6.42 Å². The van der Waals surface area contributed by atoms with E-state index in [1.54, 1.807) is 6.07 Å². The van der Waals surface area contributed by atoms with Gasteiger partial charge in [-0.05, 0) is 18.6 Å². The molecule has 0 spiro atoms. The van der Waals surface area contributed by atoms with Gasteiger partial charge in [0.1, 0.15) is 5.69 Å². The quantitative estimate of drug-likeness (QED) is 0.888. The molecule has 1 aliphatic heterocycles. The molecule has 1 aliphatic rings. The van der Waals surface area contributed by atoms with Crippen molar-refractivity contribution in [1.82, 2.24) is 10.3 Å². The van der Waals surface area contributed by atoms with Gasteiger partial charge in [-0.2, -0.15) is 0 Å². The van der Waals surface area contributed by atoms with Crippen molar-refractivity contribution in [3.8, 4) is 0 Å². The number of para-hydroxylation sites is 1. The molecule has 5 heteroatoms. The lowest BCUT2D eigenvalue weighted by Crippen LogP contribution is -2.30. The third-order valence-corrected chi connectivity index (χ3v) is 3.56. The number of nitrogens with zero attached hydrogens (tertiary/aromatic N) is 1. The van der Waals surface area contributed by atoms with Crippen molar-refractivity contribution >= 4 is 22.5 Å². The molecule has 0 saturated carbocycles. The predicted molar refractivity (Wildman–Crippen MR) is 77.4 cm³/mol. The van der Waals surface area contributed by atoms with Crippen LogP contribution in [0.3, 0.4) is 0 Å². The number of anilines is 1. The molecule has 2 aromatic rings. The lowest BCUT2D eigenvalue weighted by molar-refractivity contribution is 0.0940. The van der Waals surface area contributed by atoms with Gasteiger partial charge in [0.05, 0.1) is 12.1 Å². The number of aromatic nitrogens is 1. The van der Waals surface area contributed by atoms with Crippen molar-refractivity contribution in [1.29, 1.82) is 0 Å². The van der Waals surface area contributed by atoms with Crippen LogP contribution in [0.1, 0.15) is 16.9 Å². The Morgan fingerprint density at radius 2 is 2.30 bits per heavy atom. The van der Waals surface area contributed by atoms with E-state index < -0.39 is 0 Å². The lowest BCUT2D eigenvalue weighted by Gasteiger charge is -2.10. The second-order valence-corrected chi connectivity index (χ2v) is 5.05. The summed E-state index contributed by atoms with van der Waals surface area (Å²) < 4.78 is 5.28. The first kappa shape index (κ1) is 12.9. The highest BCUT2D eigenvalue weighted by molar-refractivity contribution is 5.99. The topological polar surface area (TPSA) is 77.2 Å². The van der Waals surface area contributed by atoms with Gasteiger partial charge in [-0.3, -0.25) is 4.79 Å². The lowest BCUT2D eigenvalue weighted by atomic mass is 10.1. The zero-order chi connectivity index (χ0) is 13.9. The molecule has 3 rings (SSSR count). The molecule has 1 unspecified atom stereocenters. The molecule has 0 radical (unpaired) electrons. The van der Waals surface area contributed by atoms with E-state index in [4.69, 9.17) is 10.5 Å². The first-order valence-corrected chi connectivity index (χ1v) is 6.75. The molecule has 2 heterocycles. The number of nitrogens with one attached hydrogen (secondary N) is 1. The Bertz CT molecular complexity index is 636. The van der Waals surface area contributed by atoms with Crippen molar-refractivity contribution in [2.24, 2.45) is 5.92 Å². The van der Waals surface area contributed by atoms with Crippen LogP contribution in [-0.4, -0.2) is 30.6 Å². The van der Waals surface area contributed by atoms with E-state index >= 15 is 0 Å². The number of rotatable bonds is 3. The minimum atomic E-state index is -0.186. The second kappa shape index (κ2) is 5.46. The van der Waals surface area contributed by atoms with Crippen molar-refractivity contribution in [3.05, 3.63) is 36.0 Å². The van der Waals surface area contributed by atoms with E-state index in [2.05, 4.69) is 10.3 Å². The smallest absolute Gasteiger partial charge is 0.269 e. The van der Waals surface area contributed by atoms with Crippen LogP contribution in [0, 0.1) is 5.92 Å². The number of ether oxygens (including phenoxy) is 1. The average molecular weight is 271 g/mol. The van der Waals surface area contributed by atoms with Crippen molar-refractivity contribution in [3.63, 3.8) is 0 Å². The van der Waals surface area contributed by atoms with E-state index in [1.165, 1.54) is 0 Å². The van der Waals surface area contributed by atoms with Crippen LogP contribution in [-0.2, 0) is 4.74 Å². The first-order chi connectivity index (χ1) is 9.74. The summed E-state index contributed by atoms with van der Waals surface area (Å²) in [6, 6.07) is 9.16. The van der Waals surface area contributed by atoms with E-state index in [-0.39, 0.29) is 5.91 Å². The summed E-state index contributed by atoms with van der Waals surface area (Å²) in [6.45, 7) is 2.11. The van der Waals surface area contributed by atoms with Crippen LogP contribution in [0.15, 0.2) is 30.3 Å². The number of fused-ring (bicyclic) bond motifs is 1. The summed E-state index contributed by atoms with van der Waals surface area (Å²) in [5.74, 6) is 0.214. The molecule has 1 saturated heterocycles. The molecule has 104 valence electrons. The molecule has 1 atom stereocenters. The van der Waals surface area contributed by atoms with E-state index in [9.17, 15) is 4.79 Å². The molecule has 1 aromatic heterocycles. The summed E-state index contributed by atoms with van der Waals surface area (Å²) in [6.07, 6.45) is 0.994. The number of nitrogen functional groups attached to an aromatic ring is 1. The fraction of sp³-hybridized carbons (Fsp3) is 0.333. The Morgan fingerprint density at radius 1 is 1.45 bits per heavy atom. The van der Waals surface area contributed by atoms with Gasteiger partial charge in [0.25, 0.3) is 5.91 Å².